The Morgan fingerprint density at radius 3 is 3.00 bits per heavy atom. The van der Waals surface area contributed by atoms with Gasteiger partial charge in [0.1, 0.15) is 10.8 Å². The van der Waals surface area contributed by atoms with Gasteiger partial charge in [-0.15, -0.1) is 11.3 Å². The fourth-order valence-electron chi connectivity index (χ4n) is 2.52. The van der Waals surface area contributed by atoms with Crippen LogP contribution in [0.15, 0.2) is 40.8 Å². The molecule has 0 aliphatic carbocycles. The lowest BCUT2D eigenvalue weighted by Crippen LogP contribution is -2.05. The minimum Gasteiger partial charge on any atom is -0.368 e. The number of nitrogen functional groups attached to an aromatic ring is 1. The van der Waals surface area contributed by atoms with Crippen LogP contribution in [0.2, 0.25) is 0 Å². The van der Waals surface area contributed by atoms with Crippen LogP contribution in [0.3, 0.4) is 0 Å². The highest BCUT2D eigenvalue weighted by Gasteiger charge is 2.10. The summed E-state index contributed by atoms with van der Waals surface area (Å²) in [4.78, 5) is 17.2. The number of anilines is 2. The quantitative estimate of drug-likeness (QED) is 0.771. The van der Waals surface area contributed by atoms with Gasteiger partial charge in [-0.25, -0.2) is 9.97 Å². The molecule has 1 aliphatic heterocycles. The first-order valence-corrected chi connectivity index (χ1v) is 8.06. The Labute approximate surface area is 136 Å². The van der Waals surface area contributed by atoms with E-state index in [9.17, 15) is 0 Å². The van der Waals surface area contributed by atoms with Crippen LogP contribution in [0, 0.1) is 0 Å². The van der Waals surface area contributed by atoms with Crippen molar-refractivity contribution in [3.63, 3.8) is 0 Å². The number of rotatable bonds is 4. The lowest BCUT2D eigenvalue weighted by Gasteiger charge is -2.10. The molecule has 3 N–H and O–H groups in total. The average molecular weight is 322 g/mol. The van der Waals surface area contributed by atoms with Crippen molar-refractivity contribution in [1.29, 1.82) is 0 Å². The molecule has 0 fully saturated rings. The van der Waals surface area contributed by atoms with E-state index in [2.05, 4.69) is 31.3 Å². The number of allylic oxidation sites excluding steroid dienone is 1. The molecule has 23 heavy (non-hydrogen) atoms. The largest absolute Gasteiger partial charge is 0.368 e. The molecular formula is C16H14N6S. The summed E-state index contributed by atoms with van der Waals surface area (Å²) in [7, 11) is 0. The minimum atomic E-state index is 0.257. The topological polar surface area (TPSA) is 89.1 Å². The summed E-state index contributed by atoms with van der Waals surface area (Å²) >= 11 is 1.60. The van der Waals surface area contributed by atoms with Crippen molar-refractivity contribution in [2.45, 2.75) is 6.54 Å². The number of aromatic nitrogens is 3. The first-order chi connectivity index (χ1) is 11.3. The number of thiazole rings is 1. The van der Waals surface area contributed by atoms with Crippen LogP contribution >= 0.6 is 11.3 Å². The van der Waals surface area contributed by atoms with Crippen LogP contribution in [-0.2, 0) is 6.54 Å². The molecule has 6 nitrogen and oxygen atoms in total. The minimum absolute atomic E-state index is 0.257. The van der Waals surface area contributed by atoms with Gasteiger partial charge in [0.25, 0.3) is 0 Å². The molecule has 0 amide bonds. The Kier molecular flexibility index (Phi) is 3.47. The summed E-state index contributed by atoms with van der Waals surface area (Å²) in [5.74, 6) is 0.985. The number of aliphatic imine (C=N–C) groups is 1. The molecule has 4 rings (SSSR count). The molecule has 0 saturated carbocycles. The summed E-state index contributed by atoms with van der Waals surface area (Å²) in [6.07, 6.45) is 5.64. The van der Waals surface area contributed by atoms with E-state index in [4.69, 9.17) is 5.73 Å². The maximum absolute atomic E-state index is 5.86. The number of benzene rings is 1. The van der Waals surface area contributed by atoms with E-state index in [-0.39, 0.29) is 5.95 Å². The van der Waals surface area contributed by atoms with Crippen molar-refractivity contribution in [2.75, 3.05) is 17.6 Å². The Morgan fingerprint density at radius 1 is 1.26 bits per heavy atom. The van der Waals surface area contributed by atoms with Gasteiger partial charge in [0.15, 0.2) is 0 Å². The fourth-order valence-corrected chi connectivity index (χ4v) is 3.07. The van der Waals surface area contributed by atoms with Crippen LogP contribution in [-0.4, -0.2) is 27.7 Å². The van der Waals surface area contributed by atoms with E-state index >= 15 is 0 Å². The molecule has 3 heterocycles. The summed E-state index contributed by atoms with van der Waals surface area (Å²) in [6.45, 7) is 1.32. The smallest absolute Gasteiger partial charge is 0.222 e. The van der Waals surface area contributed by atoms with Crippen molar-refractivity contribution in [2.24, 2.45) is 4.99 Å². The Bertz CT molecular complexity index is 914. The predicted octanol–water partition coefficient (Wildman–Crippen LogP) is 2.75. The van der Waals surface area contributed by atoms with Crippen LogP contribution < -0.4 is 11.1 Å². The molecule has 0 spiro atoms. The van der Waals surface area contributed by atoms with Gasteiger partial charge < -0.3 is 11.1 Å². The second-order valence-electron chi connectivity index (χ2n) is 5.12. The lowest BCUT2D eigenvalue weighted by molar-refractivity contribution is 1.08. The standard InChI is InChI=1S/C16H14N6S/c17-16-21-13-7-10(11-3-4-18-8-11)1-2-12(13)15(22-16)20-9-14-19-5-6-23-14/h1-7H,8-9H2,(H3,17,20,21,22). The van der Waals surface area contributed by atoms with Gasteiger partial charge in [0.05, 0.1) is 18.6 Å². The number of hydrogen-bond acceptors (Lipinski definition) is 7. The normalized spacial score (nSPS) is 13.5. The highest BCUT2D eigenvalue weighted by molar-refractivity contribution is 7.09. The Balaban J connectivity index is 1.70. The third-order valence-electron chi connectivity index (χ3n) is 3.62. The van der Waals surface area contributed by atoms with Crippen molar-refractivity contribution in [1.82, 2.24) is 15.0 Å². The fraction of sp³-hybridized carbons (Fsp3) is 0.125. The zero-order chi connectivity index (χ0) is 15.6. The average Bonchev–Trinajstić information content (AvgIpc) is 3.25. The van der Waals surface area contributed by atoms with Gasteiger partial charge in [-0.3, -0.25) is 4.99 Å². The van der Waals surface area contributed by atoms with Crippen molar-refractivity contribution in [3.05, 3.63) is 46.4 Å². The zero-order valence-corrected chi connectivity index (χ0v) is 13.0. The molecule has 7 heteroatoms. The molecule has 1 aromatic carbocycles. The zero-order valence-electron chi connectivity index (χ0n) is 12.2. The van der Waals surface area contributed by atoms with Crippen molar-refractivity contribution in [3.8, 4) is 0 Å². The monoisotopic (exact) mass is 322 g/mol. The molecule has 0 atom stereocenters. The SMILES string of the molecule is Nc1nc(NCc2nccs2)c2ccc(C3=CC=NC3)cc2n1. The van der Waals surface area contributed by atoms with E-state index in [0.717, 1.165) is 27.3 Å². The number of nitrogens with one attached hydrogen (secondary N) is 1. The van der Waals surface area contributed by atoms with E-state index in [0.29, 0.717) is 13.1 Å². The molecule has 0 bridgehead atoms. The number of fused-ring (bicyclic) bond motifs is 1. The first-order valence-electron chi connectivity index (χ1n) is 7.18. The van der Waals surface area contributed by atoms with Crippen LogP contribution in [0.25, 0.3) is 16.5 Å². The van der Waals surface area contributed by atoms with Gasteiger partial charge in [-0.1, -0.05) is 6.07 Å². The molecule has 114 valence electrons. The van der Waals surface area contributed by atoms with Gasteiger partial charge in [0, 0.05) is 23.2 Å². The molecule has 0 unspecified atom stereocenters. The van der Waals surface area contributed by atoms with Gasteiger partial charge >= 0.3 is 0 Å². The molecule has 3 aromatic rings. The summed E-state index contributed by atoms with van der Waals surface area (Å²) in [5, 5.41) is 7.19. The summed E-state index contributed by atoms with van der Waals surface area (Å²) in [6, 6.07) is 6.12. The van der Waals surface area contributed by atoms with E-state index in [1.165, 1.54) is 5.57 Å². The van der Waals surface area contributed by atoms with Crippen LogP contribution in [0.5, 0.6) is 0 Å². The van der Waals surface area contributed by atoms with Gasteiger partial charge in [0.2, 0.25) is 5.95 Å². The van der Waals surface area contributed by atoms with E-state index < -0.39 is 0 Å². The van der Waals surface area contributed by atoms with E-state index in [1.807, 2.05) is 29.8 Å². The number of nitrogens with two attached hydrogens (primary N) is 1. The summed E-state index contributed by atoms with van der Waals surface area (Å²) in [5.41, 5.74) is 8.98. The van der Waals surface area contributed by atoms with Gasteiger partial charge in [-0.05, 0) is 29.3 Å². The highest BCUT2D eigenvalue weighted by atomic mass is 32.1. The maximum atomic E-state index is 5.86. The molecule has 0 radical (unpaired) electrons. The Hall–Kier alpha value is -2.80. The second-order valence-corrected chi connectivity index (χ2v) is 6.10. The van der Waals surface area contributed by atoms with Gasteiger partial charge in [-0.2, -0.15) is 4.98 Å². The molecule has 2 aromatic heterocycles. The number of hydrogen-bond donors (Lipinski definition) is 2. The van der Waals surface area contributed by atoms with Crippen LogP contribution in [0.1, 0.15) is 10.6 Å². The lowest BCUT2D eigenvalue weighted by atomic mass is 10.0. The molecular weight excluding hydrogens is 308 g/mol. The molecule has 0 saturated heterocycles. The maximum Gasteiger partial charge on any atom is 0.222 e. The first kappa shape index (κ1) is 13.8. The van der Waals surface area contributed by atoms with Crippen LogP contribution in [0.4, 0.5) is 11.8 Å². The number of nitrogens with zero attached hydrogens (tertiary/aromatic N) is 4. The second kappa shape index (κ2) is 5.77. The predicted molar refractivity (Wildman–Crippen MR) is 94.7 cm³/mol. The van der Waals surface area contributed by atoms with Crippen molar-refractivity contribution >= 4 is 45.8 Å². The van der Waals surface area contributed by atoms with E-state index in [1.54, 1.807) is 17.5 Å². The summed E-state index contributed by atoms with van der Waals surface area (Å²) < 4.78 is 0. The highest BCUT2D eigenvalue weighted by Crippen LogP contribution is 2.26. The third kappa shape index (κ3) is 2.78. The van der Waals surface area contributed by atoms with Crippen molar-refractivity contribution < 1.29 is 0 Å². The Morgan fingerprint density at radius 2 is 2.22 bits per heavy atom. The molecule has 1 aliphatic rings. The third-order valence-corrected chi connectivity index (χ3v) is 4.40.